The Kier molecular flexibility index (Phi) is 4.24. The average Bonchev–Trinajstić information content (AvgIpc) is 3.13. The van der Waals surface area contributed by atoms with Gasteiger partial charge < -0.3 is 15.2 Å². The van der Waals surface area contributed by atoms with Gasteiger partial charge in [0.2, 0.25) is 5.95 Å². The van der Waals surface area contributed by atoms with E-state index in [1.54, 1.807) is 17.4 Å². The topological polar surface area (TPSA) is 104 Å². The van der Waals surface area contributed by atoms with Gasteiger partial charge >= 0.3 is 6.29 Å². The van der Waals surface area contributed by atoms with Gasteiger partial charge in [0, 0.05) is 23.0 Å². The van der Waals surface area contributed by atoms with Crippen molar-refractivity contribution >= 4 is 33.8 Å². The van der Waals surface area contributed by atoms with Crippen molar-refractivity contribution in [3.8, 4) is 11.5 Å². The van der Waals surface area contributed by atoms with E-state index in [0.29, 0.717) is 35.9 Å². The maximum absolute atomic E-state index is 13.6. The summed E-state index contributed by atoms with van der Waals surface area (Å²) < 4.78 is 37.8. The Labute approximate surface area is 184 Å². The molecule has 6 rings (SSSR count). The van der Waals surface area contributed by atoms with Crippen LogP contribution in [0.5, 0.6) is 11.5 Å². The molecule has 0 amide bonds. The lowest BCUT2D eigenvalue weighted by molar-refractivity contribution is -0.286. The van der Waals surface area contributed by atoms with Gasteiger partial charge in [-0.15, -0.1) is 25.2 Å². The van der Waals surface area contributed by atoms with E-state index in [4.69, 9.17) is 5.73 Å². The number of nitrogen functional groups attached to an aromatic ring is 1. The summed E-state index contributed by atoms with van der Waals surface area (Å²) in [4.78, 5) is 15.8. The largest absolute Gasteiger partial charge is 0.586 e. The Balaban J connectivity index is 1.36. The molecular weight excluding hydrogens is 440 g/mol. The van der Waals surface area contributed by atoms with Crippen LogP contribution in [0, 0.1) is 12.8 Å². The normalized spacial score (nSPS) is 17.1. The number of thiazole rings is 1. The number of alkyl halides is 2. The van der Waals surface area contributed by atoms with Gasteiger partial charge in [-0.05, 0) is 37.8 Å². The van der Waals surface area contributed by atoms with Gasteiger partial charge in [0.05, 0.1) is 13.1 Å². The molecule has 2 N–H and O–H groups in total. The standard InChI is InChI=1S/C20H19F2N7O2S/c1-10-9-32-15(24-10)8-28(6-11-2-3-11)7-14-25-18-12-4-5-13-17(31-20(21,22)30-13)16(12)26-19(23)29(18)27-14/h4-5,9,11H,2-3,6-8H2,1H3,(H2,23,26). The zero-order valence-electron chi connectivity index (χ0n) is 17.1. The summed E-state index contributed by atoms with van der Waals surface area (Å²) in [7, 11) is 0. The highest BCUT2D eigenvalue weighted by atomic mass is 32.1. The Hall–Kier alpha value is -3.12. The molecule has 1 saturated carbocycles. The smallest absolute Gasteiger partial charge is 0.395 e. The van der Waals surface area contributed by atoms with E-state index in [9.17, 15) is 8.78 Å². The van der Waals surface area contributed by atoms with E-state index in [1.807, 2.05) is 12.3 Å². The molecule has 2 aliphatic rings. The second kappa shape index (κ2) is 6.94. The van der Waals surface area contributed by atoms with E-state index in [2.05, 4.69) is 34.4 Å². The first-order valence-corrected chi connectivity index (χ1v) is 11.1. The summed E-state index contributed by atoms with van der Waals surface area (Å²) in [6.45, 7) is 4.15. The molecule has 1 aliphatic heterocycles. The number of benzene rings is 1. The fourth-order valence-corrected chi connectivity index (χ4v) is 4.74. The molecule has 4 heterocycles. The number of aryl methyl sites for hydroxylation is 1. The van der Waals surface area contributed by atoms with Crippen LogP contribution in [0.15, 0.2) is 17.5 Å². The lowest BCUT2D eigenvalue weighted by atomic mass is 10.2. The van der Waals surface area contributed by atoms with Crippen molar-refractivity contribution < 1.29 is 18.3 Å². The van der Waals surface area contributed by atoms with Crippen molar-refractivity contribution in [3.63, 3.8) is 0 Å². The Morgan fingerprint density at radius 2 is 2.06 bits per heavy atom. The van der Waals surface area contributed by atoms with Gasteiger partial charge in [-0.25, -0.2) is 15.0 Å². The fourth-order valence-electron chi connectivity index (χ4n) is 3.93. The van der Waals surface area contributed by atoms with Crippen LogP contribution in [0.2, 0.25) is 0 Å². The molecule has 0 spiro atoms. The van der Waals surface area contributed by atoms with E-state index in [0.717, 1.165) is 17.2 Å². The molecular formula is C20H19F2N7O2S. The molecule has 0 saturated heterocycles. The molecule has 0 unspecified atom stereocenters. The molecule has 1 fully saturated rings. The molecule has 1 aliphatic carbocycles. The highest BCUT2D eigenvalue weighted by Gasteiger charge is 2.45. The average molecular weight is 459 g/mol. The van der Waals surface area contributed by atoms with Gasteiger partial charge in [-0.2, -0.15) is 4.52 Å². The number of hydrogen-bond donors (Lipinski definition) is 1. The summed E-state index contributed by atoms with van der Waals surface area (Å²) in [5.41, 5.74) is 7.69. The number of nitrogens with zero attached hydrogens (tertiary/aromatic N) is 6. The van der Waals surface area contributed by atoms with E-state index < -0.39 is 6.29 Å². The minimum Gasteiger partial charge on any atom is -0.395 e. The molecule has 9 nitrogen and oxygen atoms in total. The highest BCUT2D eigenvalue weighted by Crippen LogP contribution is 2.45. The van der Waals surface area contributed by atoms with Gasteiger partial charge in [0.1, 0.15) is 10.5 Å². The SMILES string of the molecule is Cc1csc(CN(Cc2nc3c4ccc5c(c4nc(N)n3n2)OC(F)(F)O5)CC2CC2)n1. The summed E-state index contributed by atoms with van der Waals surface area (Å²) in [6.07, 6.45) is -1.29. The van der Waals surface area contributed by atoms with Crippen LogP contribution in [0.1, 0.15) is 29.4 Å². The first-order valence-electron chi connectivity index (χ1n) is 10.2. The third-order valence-electron chi connectivity index (χ3n) is 5.48. The number of hydrogen-bond acceptors (Lipinski definition) is 9. The van der Waals surface area contributed by atoms with Crippen LogP contribution in [0.3, 0.4) is 0 Å². The maximum Gasteiger partial charge on any atom is 0.586 e. The van der Waals surface area contributed by atoms with Crippen LogP contribution in [0.4, 0.5) is 14.7 Å². The second-order valence-corrected chi connectivity index (χ2v) is 9.13. The zero-order chi connectivity index (χ0) is 22.0. The third kappa shape index (κ3) is 3.48. The van der Waals surface area contributed by atoms with Crippen molar-refractivity contribution in [2.45, 2.75) is 39.1 Å². The van der Waals surface area contributed by atoms with Crippen molar-refractivity contribution in [1.82, 2.24) is 29.5 Å². The Morgan fingerprint density at radius 1 is 1.22 bits per heavy atom. The summed E-state index contributed by atoms with van der Waals surface area (Å²) in [5.74, 6) is 1.04. The number of ether oxygens (including phenoxy) is 2. The van der Waals surface area contributed by atoms with Crippen molar-refractivity contribution in [1.29, 1.82) is 0 Å². The predicted molar refractivity (Wildman–Crippen MR) is 113 cm³/mol. The first kappa shape index (κ1) is 19.6. The van der Waals surface area contributed by atoms with Gasteiger partial charge in [-0.1, -0.05) is 0 Å². The number of rotatable bonds is 6. The molecule has 166 valence electrons. The van der Waals surface area contributed by atoms with Crippen molar-refractivity contribution in [2.24, 2.45) is 5.92 Å². The van der Waals surface area contributed by atoms with E-state index >= 15 is 0 Å². The quantitative estimate of drug-likeness (QED) is 0.468. The van der Waals surface area contributed by atoms with E-state index in [-0.39, 0.29) is 23.0 Å². The van der Waals surface area contributed by atoms with Crippen molar-refractivity contribution in [2.75, 3.05) is 12.3 Å². The van der Waals surface area contributed by atoms with E-state index in [1.165, 1.54) is 23.4 Å². The van der Waals surface area contributed by atoms with Crippen LogP contribution in [-0.4, -0.2) is 42.3 Å². The third-order valence-corrected chi connectivity index (χ3v) is 6.44. The van der Waals surface area contributed by atoms with Gasteiger partial charge in [-0.3, -0.25) is 4.90 Å². The summed E-state index contributed by atoms with van der Waals surface area (Å²) in [5, 5.41) is 8.13. The molecule has 1 aromatic carbocycles. The molecule has 12 heteroatoms. The maximum atomic E-state index is 13.6. The summed E-state index contributed by atoms with van der Waals surface area (Å²) in [6, 6.07) is 3.02. The predicted octanol–water partition coefficient (Wildman–Crippen LogP) is 3.36. The monoisotopic (exact) mass is 459 g/mol. The molecule has 32 heavy (non-hydrogen) atoms. The summed E-state index contributed by atoms with van der Waals surface area (Å²) >= 11 is 1.64. The van der Waals surface area contributed by atoms with Crippen LogP contribution in [-0.2, 0) is 13.1 Å². The van der Waals surface area contributed by atoms with Crippen molar-refractivity contribution in [3.05, 3.63) is 34.0 Å². The molecule has 4 aromatic rings. The fraction of sp³-hybridized carbons (Fsp3) is 0.400. The first-order chi connectivity index (χ1) is 15.3. The zero-order valence-corrected chi connectivity index (χ0v) is 17.9. The van der Waals surface area contributed by atoms with Gasteiger partial charge in [0.15, 0.2) is 23.0 Å². The Morgan fingerprint density at radius 3 is 2.81 bits per heavy atom. The molecule has 0 atom stereocenters. The minimum absolute atomic E-state index is 0.0303. The van der Waals surface area contributed by atoms with Crippen LogP contribution >= 0.6 is 11.3 Å². The lowest BCUT2D eigenvalue weighted by Gasteiger charge is -2.19. The number of halogens is 2. The van der Waals surface area contributed by atoms with Gasteiger partial charge in [0.25, 0.3) is 0 Å². The van der Waals surface area contributed by atoms with Crippen LogP contribution < -0.4 is 15.2 Å². The lowest BCUT2D eigenvalue weighted by Crippen LogP contribution is -2.26. The number of nitrogens with two attached hydrogens (primary N) is 1. The second-order valence-electron chi connectivity index (χ2n) is 8.19. The number of fused-ring (bicyclic) bond motifs is 5. The molecule has 0 bridgehead atoms. The molecule has 0 radical (unpaired) electrons. The number of aromatic nitrogens is 5. The highest BCUT2D eigenvalue weighted by molar-refractivity contribution is 7.09. The Bertz CT molecular complexity index is 1350. The number of anilines is 1. The molecule has 3 aromatic heterocycles. The minimum atomic E-state index is -3.74. The van der Waals surface area contributed by atoms with Crippen LogP contribution in [0.25, 0.3) is 16.6 Å².